The van der Waals surface area contributed by atoms with E-state index in [1.807, 2.05) is 30.3 Å². The fourth-order valence-corrected chi connectivity index (χ4v) is 2.66. The van der Waals surface area contributed by atoms with Crippen LogP contribution < -0.4 is 0 Å². The summed E-state index contributed by atoms with van der Waals surface area (Å²) in [5.41, 5.74) is 3.08. The maximum Gasteiger partial charge on any atom is 0.0999 e. The van der Waals surface area contributed by atoms with E-state index >= 15 is 0 Å². The predicted octanol–water partition coefficient (Wildman–Crippen LogP) is 5.04. The standard InChI is InChI=1S/C17H11ClN2/c18-14-7-5-11(6-8-14)17-15-9-12-3-1-2-4-13(12)10-16(15)19-20-17/h1-10H,(H,19,20). The molecule has 96 valence electrons. The molecular weight excluding hydrogens is 268 g/mol. The molecule has 1 N–H and O–H groups in total. The van der Waals surface area contributed by atoms with E-state index in [1.54, 1.807) is 0 Å². The van der Waals surface area contributed by atoms with Gasteiger partial charge in [0.1, 0.15) is 0 Å². The van der Waals surface area contributed by atoms with Crippen molar-refractivity contribution in [3.63, 3.8) is 0 Å². The van der Waals surface area contributed by atoms with Crippen molar-refractivity contribution in [1.29, 1.82) is 0 Å². The number of aromatic nitrogens is 2. The number of H-pyrrole nitrogens is 1. The second kappa shape index (κ2) is 4.36. The molecule has 0 fully saturated rings. The van der Waals surface area contributed by atoms with Gasteiger partial charge in [0, 0.05) is 16.0 Å². The second-order valence-electron chi connectivity index (χ2n) is 4.82. The van der Waals surface area contributed by atoms with Gasteiger partial charge in [0.2, 0.25) is 0 Å². The zero-order valence-electron chi connectivity index (χ0n) is 10.6. The highest BCUT2D eigenvalue weighted by molar-refractivity contribution is 6.30. The van der Waals surface area contributed by atoms with Crippen LogP contribution in [-0.2, 0) is 0 Å². The molecule has 4 aromatic rings. The number of aromatic amines is 1. The lowest BCUT2D eigenvalue weighted by molar-refractivity contribution is 1.12. The van der Waals surface area contributed by atoms with Gasteiger partial charge < -0.3 is 0 Å². The highest BCUT2D eigenvalue weighted by Crippen LogP contribution is 2.30. The van der Waals surface area contributed by atoms with Crippen LogP contribution >= 0.6 is 11.6 Å². The maximum atomic E-state index is 5.94. The Morgan fingerprint density at radius 1 is 0.850 bits per heavy atom. The van der Waals surface area contributed by atoms with Gasteiger partial charge >= 0.3 is 0 Å². The van der Waals surface area contributed by atoms with Gasteiger partial charge in [-0.1, -0.05) is 48.0 Å². The van der Waals surface area contributed by atoms with Crippen molar-refractivity contribution in [1.82, 2.24) is 10.2 Å². The number of rotatable bonds is 1. The second-order valence-corrected chi connectivity index (χ2v) is 5.26. The van der Waals surface area contributed by atoms with Crippen molar-refractivity contribution >= 4 is 33.3 Å². The first-order valence-corrected chi connectivity index (χ1v) is 6.82. The first-order valence-electron chi connectivity index (χ1n) is 6.44. The van der Waals surface area contributed by atoms with Crippen LogP contribution in [0.3, 0.4) is 0 Å². The number of hydrogen-bond acceptors (Lipinski definition) is 1. The molecule has 3 heteroatoms. The number of nitrogens with zero attached hydrogens (tertiary/aromatic N) is 1. The van der Waals surface area contributed by atoms with Crippen molar-refractivity contribution in [3.8, 4) is 11.3 Å². The van der Waals surface area contributed by atoms with Crippen LogP contribution in [0.15, 0.2) is 60.7 Å². The van der Waals surface area contributed by atoms with Crippen molar-refractivity contribution in [2.75, 3.05) is 0 Å². The molecule has 2 nitrogen and oxygen atoms in total. The van der Waals surface area contributed by atoms with E-state index in [9.17, 15) is 0 Å². The summed E-state index contributed by atoms with van der Waals surface area (Å²) in [5.74, 6) is 0. The largest absolute Gasteiger partial charge is 0.277 e. The van der Waals surface area contributed by atoms with Crippen molar-refractivity contribution < 1.29 is 0 Å². The topological polar surface area (TPSA) is 28.7 Å². The normalized spacial score (nSPS) is 11.2. The number of halogens is 1. The summed E-state index contributed by atoms with van der Waals surface area (Å²) in [5, 5.41) is 11.9. The minimum absolute atomic E-state index is 0.735. The monoisotopic (exact) mass is 278 g/mol. The van der Waals surface area contributed by atoms with E-state index in [1.165, 1.54) is 10.8 Å². The molecule has 0 unspecified atom stereocenters. The Morgan fingerprint density at radius 2 is 1.55 bits per heavy atom. The van der Waals surface area contributed by atoms with E-state index in [4.69, 9.17) is 11.6 Å². The average molecular weight is 279 g/mol. The third-order valence-corrected chi connectivity index (χ3v) is 3.80. The summed E-state index contributed by atoms with van der Waals surface area (Å²) in [7, 11) is 0. The molecule has 0 aliphatic carbocycles. The van der Waals surface area contributed by atoms with Crippen LogP contribution in [-0.4, -0.2) is 10.2 Å². The van der Waals surface area contributed by atoms with Crippen LogP contribution in [0.2, 0.25) is 5.02 Å². The first kappa shape index (κ1) is 11.5. The van der Waals surface area contributed by atoms with E-state index in [0.29, 0.717) is 0 Å². The van der Waals surface area contributed by atoms with Crippen LogP contribution in [0.25, 0.3) is 32.9 Å². The lowest BCUT2D eigenvalue weighted by Gasteiger charge is -2.00. The van der Waals surface area contributed by atoms with Gasteiger partial charge in [0.05, 0.1) is 11.2 Å². The molecule has 0 amide bonds. The van der Waals surface area contributed by atoms with Gasteiger partial charge in [0.15, 0.2) is 0 Å². The number of nitrogens with one attached hydrogen (secondary N) is 1. The Bertz CT molecular complexity index is 907. The molecule has 1 heterocycles. The molecule has 3 aromatic carbocycles. The Hall–Kier alpha value is -2.32. The summed E-state index contributed by atoms with van der Waals surface area (Å²) in [4.78, 5) is 0. The summed E-state index contributed by atoms with van der Waals surface area (Å²) in [6, 6.07) is 20.4. The Balaban J connectivity index is 2.00. The molecule has 0 saturated carbocycles. The minimum atomic E-state index is 0.735. The smallest absolute Gasteiger partial charge is 0.0999 e. The van der Waals surface area contributed by atoms with Gasteiger partial charge in [0.25, 0.3) is 0 Å². The van der Waals surface area contributed by atoms with Gasteiger partial charge in [-0.25, -0.2) is 0 Å². The Labute approximate surface area is 121 Å². The maximum absolute atomic E-state index is 5.94. The summed E-state index contributed by atoms with van der Waals surface area (Å²) in [6.45, 7) is 0. The molecule has 0 radical (unpaired) electrons. The van der Waals surface area contributed by atoms with Crippen molar-refractivity contribution in [3.05, 3.63) is 65.7 Å². The van der Waals surface area contributed by atoms with Gasteiger partial charge in [-0.05, 0) is 35.0 Å². The third-order valence-electron chi connectivity index (χ3n) is 3.55. The molecule has 0 bridgehead atoms. The lowest BCUT2D eigenvalue weighted by atomic mass is 10.0. The highest BCUT2D eigenvalue weighted by Gasteiger charge is 2.09. The van der Waals surface area contributed by atoms with Crippen LogP contribution in [0.5, 0.6) is 0 Å². The van der Waals surface area contributed by atoms with E-state index in [-0.39, 0.29) is 0 Å². The summed E-state index contributed by atoms with van der Waals surface area (Å²) < 4.78 is 0. The molecule has 0 spiro atoms. The molecule has 20 heavy (non-hydrogen) atoms. The minimum Gasteiger partial charge on any atom is -0.277 e. The molecular formula is C17H11ClN2. The quantitative estimate of drug-likeness (QED) is 0.519. The van der Waals surface area contributed by atoms with Gasteiger partial charge in [-0.3, -0.25) is 5.10 Å². The van der Waals surface area contributed by atoms with Gasteiger partial charge in [-0.15, -0.1) is 0 Å². The Morgan fingerprint density at radius 3 is 2.30 bits per heavy atom. The van der Waals surface area contributed by atoms with Crippen molar-refractivity contribution in [2.45, 2.75) is 0 Å². The molecule has 1 aromatic heterocycles. The van der Waals surface area contributed by atoms with Crippen LogP contribution in [0, 0.1) is 0 Å². The Kier molecular flexibility index (Phi) is 2.51. The van der Waals surface area contributed by atoms with E-state index < -0.39 is 0 Å². The lowest BCUT2D eigenvalue weighted by Crippen LogP contribution is -1.78. The summed E-state index contributed by atoms with van der Waals surface area (Å²) in [6.07, 6.45) is 0. The fourth-order valence-electron chi connectivity index (χ4n) is 2.53. The van der Waals surface area contributed by atoms with Crippen LogP contribution in [0.1, 0.15) is 0 Å². The highest BCUT2D eigenvalue weighted by atomic mass is 35.5. The van der Waals surface area contributed by atoms with E-state index in [2.05, 4.69) is 40.5 Å². The number of benzene rings is 3. The molecule has 0 aliphatic heterocycles. The van der Waals surface area contributed by atoms with Crippen LogP contribution in [0.4, 0.5) is 0 Å². The summed E-state index contributed by atoms with van der Waals surface area (Å²) >= 11 is 5.94. The molecule has 4 rings (SSSR count). The van der Waals surface area contributed by atoms with E-state index in [0.717, 1.165) is 27.2 Å². The SMILES string of the molecule is Clc1ccc(-c2n[nH]c3cc4ccccc4cc23)cc1. The zero-order valence-corrected chi connectivity index (χ0v) is 11.4. The third kappa shape index (κ3) is 1.77. The zero-order chi connectivity index (χ0) is 13.5. The number of hydrogen-bond donors (Lipinski definition) is 1. The van der Waals surface area contributed by atoms with Crippen molar-refractivity contribution in [2.24, 2.45) is 0 Å². The van der Waals surface area contributed by atoms with Gasteiger partial charge in [-0.2, -0.15) is 5.10 Å². The predicted molar refractivity (Wildman–Crippen MR) is 84.0 cm³/mol. The number of fused-ring (bicyclic) bond motifs is 2. The molecule has 0 saturated heterocycles. The first-order chi connectivity index (χ1) is 9.81. The molecule has 0 atom stereocenters. The fraction of sp³-hybridized carbons (Fsp3) is 0. The average Bonchev–Trinajstić information content (AvgIpc) is 2.88. The molecule has 0 aliphatic rings.